The van der Waals surface area contributed by atoms with E-state index in [2.05, 4.69) is 5.10 Å². The zero-order valence-electron chi connectivity index (χ0n) is 11.3. The molecular weight excluding hydrogens is 294 g/mol. The van der Waals surface area contributed by atoms with Crippen molar-refractivity contribution < 1.29 is 4.79 Å². The Hall–Kier alpha value is -1.33. The van der Waals surface area contributed by atoms with Crippen LogP contribution >= 0.6 is 22.9 Å². The van der Waals surface area contributed by atoms with Gasteiger partial charge in [-0.25, -0.2) is 0 Å². The second-order valence-electron chi connectivity index (χ2n) is 5.11. The molecule has 20 heavy (non-hydrogen) atoms. The maximum Gasteiger partial charge on any atom is 0.263 e. The summed E-state index contributed by atoms with van der Waals surface area (Å²) in [6.45, 7) is 1.56. The van der Waals surface area contributed by atoms with Gasteiger partial charge >= 0.3 is 0 Å². The molecule has 0 bridgehead atoms. The standard InChI is InChI=1S/C14H16ClN3OS/c1-17-8-6-11(16-17)10-3-2-7-18(9-10)14(19)12-4-5-13(15)20-12/h4-6,8,10H,2-3,7,9H2,1H3/t10-/m0/s1. The molecule has 1 aliphatic rings. The number of aryl methyl sites for hydroxylation is 1. The smallest absolute Gasteiger partial charge is 0.263 e. The molecule has 1 amide bonds. The number of rotatable bonds is 2. The summed E-state index contributed by atoms with van der Waals surface area (Å²) in [6, 6.07) is 5.63. The number of amides is 1. The van der Waals surface area contributed by atoms with Crippen LogP contribution in [0.25, 0.3) is 0 Å². The number of piperidine rings is 1. The van der Waals surface area contributed by atoms with Gasteiger partial charge in [-0.2, -0.15) is 5.10 Å². The van der Waals surface area contributed by atoms with Crippen molar-refractivity contribution >= 4 is 28.8 Å². The summed E-state index contributed by atoms with van der Waals surface area (Å²) < 4.78 is 2.47. The Labute approximate surface area is 127 Å². The van der Waals surface area contributed by atoms with Gasteiger partial charge < -0.3 is 4.90 Å². The number of carbonyl (C=O) groups is 1. The minimum absolute atomic E-state index is 0.0857. The molecule has 0 radical (unpaired) electrons. The van der Waals surface area contributed by atoms with Crippen LogP contribution in [0.1, 0.15) is 34.1 Å². The van der Waals surface area contributed by atoms with E-state index in [-0.39, 0.29) is 5.91 Å². The molecule has 1 fully saturated rings. The van der Waals surface area contributed by atoms with E-state index in [9.17, 15) is 4.79 Å². The van der Waals surface area contributed by atoms with E-state index in [0.29, 0.717) is 10.3 Å². The minimum atomic E-state index is 0.0857. The molecule has 1 atom stereocenters. The van der Waals surface area contributed by atoms with E-state index in [1.807, 2.05) is 28.9 Å². The van der Waals surface area contributed by atoms with Crippen LogP contribution in [0.2, 0.25) is 4.34 Å². The lowest BCUT2D eigenvalue weighted by Crippen LogP contribution is -2.38. The van der Waals surface area contributed by atoms with Crippen molar-refractivity contribution in [3.63, 3.8) is 0 Å². The highest BCUT2D eigenvalue weighted by atomic mass is 35.5. The Balaban J connectivity index is 1.73. The number of carbonyl (C=O) groups excluding carboxylic acids is 1. The minimum Gasteiger partial charge on any atom is -0.337 e. The normalized spacial score (nSPS) is 19.3. The molecule has 0 saturated carbocycles. The largest absolute Gasteiger partial charge is 0.337 e. The number of likely N-dealkylation sites (tertiary alicyclic amines) is 1. The van der Waals surface area contributed by atoms with Gasteiger partial charge in [0.15, 0.2) is 0 Å². The van der Waals surface area contributed by atoms with E-state index >= 15 is 0 Å². The summed E-state index contributed by atoms with van der Waals surface area (Å²) in [6.07, 6.45) is 4.06. The van der Waals surface area contributed by atoms with Crippen LogP contribution in [-0.4, -0.2) is 33.7 Å². The first-order chi connectivity index (χ1) is 9.63. The van der Waals surface area contributed by atoms with Crippen molar-refractivity contribution in [3.05, 3.63) is 39.3 Å². The molecule has 2 aromatic heterocycles. The lowest BCUT2D eigenvalue weighted by atomic mass is 9.95. The molecule has 106 valence electrons. The third-order valence-corrected chi connectivity index (χ3v) is 4.86. The zero-order valence-corrected chi connectivity index (χ0v) is 12.8. The molecule has 0 unspecified atom stereocenters. The molecule has 0 aliphatic carbocycles. The quantitative estimate of drug-likeness (QED) is 0.854. The Bertz CT molecular complexity index is 621. The summed E-state index contributed by atoms with van der Waals surface area (Å²) in [4.78, 5) is 15.1. The van der Waals surface area contributed by atoms with Crippen molar-refractivity contribution in [2.75, 3.05) is 13.1 Å². The number of hydrogen-bond donors (Lipinski definition) is 0. The van der Waals surface area contributed by atoms with Crippen molar-refractivity contribution in [2.45, 2.75) is 18.8 Å². The fourth-order valence-electron chi connectivity index (χ4n) is 2.64. The Morgan fingerprint density at radius 1 is 1.45 bits per heavy atom. The third kappa shape index (κ3) is 2.74. The van der Waals surface area contributed by atoms with E-state index in [0.717, 1.165) is 36.5 Å². The van der Waals surface area contributed by atoms with Crippen LogP contribution < -0.4 is 0 Å². The Kier molecular flexibility index (Phi) is 3.81. The van der Waals surface area contributed by atoms with Gasteiger partial charge in [0.05, 0.1) is 14.9 Å². The van der Waals surface area contributed by atoms with Gasteiger partial charge in [-0.1, -0.05) is 11.6 Å². The number of aromatic nitrogens is 2. The molecule has 1 aliphatic heterocycles. The second-order valence-corrected chi connectivity index (χ2v) is 6.82. The Morgan fingerprint density at radius 3 is 2.95 bits per heavy atom. The maximum absolute atomic E-state index is 12.4. The van der Waals surface area contributed by atoms with E-state index < -0.39 is 0 Å². The average Bonchev–Trinajstić information content (AvgIpc) is 3.07. The van der Waals surface area contributed by atoms with Gasteiger partial charge in [0.1, 0.15) is 0 Å². The molecule has 0 aromatic carbocycles. The average molecular weight is 310 g/mol. The molecule has 2 aromatic rings. The predicted octanol–water partition coefficient (Wildman–Crippen LogP) is 3.15. The van der Waals surface area contributed by atoms with Crippen LogP contribution in [0.15, 0.2) is 24.4 Å². The van der Waals surface area contributed by atoms with Crippen LogP contribution in [0, 0.1) is 0 Å². The fraction of sp³-hybridized carbons (Fsp3) is 0.429. The molecule has 4 nitrogen and oxygen atoms in total. The topological polar surface area (TPSA) is 38.1 Å². The summed E-state index contributed by atoms with van der Waals surface area (Å²) in [5.74, 6) is 0.423. The van der Waals surface area contributed by atoms with Crippen molar-refractivity contribution in [3.8, 4) is 0 Å². The first kappa shape index (κ1) is 13.6. The molecule has 3 rings (SSSR count). The monoisotopic (exact) mass is 309 g/mol. The molecular formula is C14H16ClN3OS. The van der Waals surface area contributed by atoms with Crippen molar-refractivity contribution in [1.82, 2.24) is 14.7 Å². The van der Waals surface area contributed by atoms with Crippen molar-refractivity contribution in [2.24, 2.45) is 7.05 Å². The van der Waals surface area contributed by atoms with Gasteiger partial charge in [-0.3, -0.25) is 9.48 Å². The maximum atomic E-state index is 12.4. The zero-order chi connectivity index (χ0) is 14.1. The molecule has 6 heteroatoms. The molecule has 0 N–H and O–H groups in total. The van der Waals surface area contributed by atoms with Gasteiger partial charge in [0, 0.05) is 32.3 Å². The lowest BCUT2D eigenvalue weighted by Gasteiger charge is -2.31. The third-order valence-electron chi connectivity index (χ3n) is 3.65. The summed E-state index contributed by atoms with van der Waals surface area (Å²) in [5, 5.41) is 4.47. The molecule has 3 heterocycles. The second kappa shape index (κ2) is 5.58. The van der Waals surface area contributed by atoms with E-state index in [1.165, 1.54) is 11.3 Å². The number of halogens is 1. The van der Waals surface area contributed by atoms with E-state index in [4.69, 9.17) is 11.6 Å². The number of nitrogens with zero attached hydrogens (tertiary/aromatic N) is 3. The SMILES string of the molecule is Cn1ccc([C@H]2CCCN(C(=O)c3ccc(Cl)s3)C2)n1. The van der Waals surface area contributed by atoms with Gasteiger partial charge in [0.2, 0.25) is 0 Å². The lowest BCUT2D eigenvalue weighted by molar-refractivity contribution is 0.0710. The molecule has 1 saturated heterocycles. The highest BCUT2D eigenvalue weighted by Crippen LogP contribution is 2.28. The predicted molar refractivity (Wildman–Crippen MR) is 80.4 cm³/mol. The van der Waals surface area contributed by atoms with Crippen molar-refractivity contribution in [1.29, 1.82) is 0 Å². The Morgan fingerprint density at radius 2 is 2.30 bits per heavy atom. The first-order valence-electron chi connectivity index (χ1n) is 6.67. The van der Waals surface area contributed by atoms with Crippen LogP contribution in [0.4, 0.5) is 0 Å². The summed E-state index contributed by atoms with van der Waals surface area (Å²) >= 11 is 7.25. The van der Waals surface area contributed by atoms with Crippen LogP contribution in [0.3, 0.4) is 0 Å². The van der Waals surface area contributed by atoms with Gasteiger partial charge in [-0.05, 0) is 31.0 Å². The number of hydrogen-bond acceptors (Lipinski definition) is 3. The molecule has 0 spiro atoms. The van der Waals surface area contributed by atoms with E-state index in [1.54, 1.807) is 12.1 Å². The number of thiophene rings is 1. The summed E-state index contributed by atoms with van der Waals surface area (Å²) in [7, 11) is 1.92. The highest BCUT2D eigenvalue weighted by molar-refractivity contribution is 7.17. The van der Waals surface area contributed by atoms with Crippen LogP contribution in [-0.2, 0) is 7.05 Å². The van der Waals surface area contributed by atoms with Gasteiger partial charge in [0.25, 0.3) is 5.91 Å². The highest BCUT2D eigenvalue weighted by Gasteiger charge is 2.27. The van der Waals surface area contributed by atoms with Gasteiger partial charge in [-0.15, -0.1) is 11.3 Å². The fourth-order valence-corrected chi connectivity index (χ4v) is 3.65. The first-order valence-corrected chi connectivity index (χ1v) is 7.87. The summed E-state index contributed by atoms with van der Waals surface area (Å²) in [5.41, 5.74) is 1.08. The van der Waals surface area contributed by atoms with Crippen LogP contribution in [0.5, 0.6) is 0 Å².